The summed E-state index contributed by atoms with van der Waals surface area (Å²) in [5.74, 6) is 2.71. The summed E-state index contributed by atoms with van der Waals surface area (Å²) in [5.41, 5.74) is 0. The lowest BCUT2D eigenvalue weighted by atomic mass is 9.98. The zero-order chi connectivity index (χ0) is 12.0. The molecule has 0 unspecified atom stereocenters. The standard InChI is InChI=1S/C13H22N4/c1-8(2)13-16-15-9(3)17(13)12-6-10-4-5-11(7-12)14-10/h8,10-12,14H,4-7H2,1-3H3/t10-,11-/m1/s1. The molecule has 2 bridgehead atoms. The first-order valence-electron chi connectivity index (χ1n) is 6.82. The van der Waals surface area contributed by atoms with Crippen molar-refractivity contribution >= 4 is 0 Å². The van der Waals surface area contributed by atoms with E-state index >= 15 is 0 Å². The Morgan fingerprint density at radius 3 is 2.41 bits per heavy atom. The number of aromatic nitrogens is 3. The molecule has 1 aromatic rings. The second-order valence-corrected chi connectivity index (χ2v) is 5.89. The Morgan fingerprint density at radius 2 is 1.82 bits per heavy atom. The molecule has 0 saturated carbocycles. The van der Waals surface area contributed by atoms with Crippen molar-refractivity contribution in [2.45, 2.75) is 70.5 Å². The van der Waals surface area contributed by atoms with Gasteiger partial charge < -0.3 is 9.88 Å². The first kappa shape index (κ1) is 11.2. The van der Waals surface area contributed by atoms with Gasteiger partial charge in [0, 0.05) is 24.0 Å². The van der Waals surface area contributed by atoms with Gasteiger partial charge in [-0.05, 0) is 32.6 Å². The predicted molar refractivity (Wildman–Crippen MR) is 67.1 cm³/mol. The normalized spacial score (nSPS) is 32.4. The molecule has 0 spiro atoms. The summed E-state index contributed by atoms with van der Waals surface area (Å²) in [6, 6.07) is 2.06. The minimum absolute atomic E-state index is 0.462. The molecule has 3 rings (SSSR count). The molecule has 0 amide bonds. The average Bonchev–Trinajstić information content (AvgIpc) is 2.82. The summed E-state index contributed by atoms with van der Waals surface area (Å²) < 4.78 is 2.40. The molecule has 2 saturated heterocycles. The van der Waals surface area contributed by atoms with Crippen molar-refractivity contribution < 1.29 is 0 Å². The summed E-state index contributed by atoms with van der Waals surface area (Å²) in [6.45, 7) is 6.49. The third kappa shape index (κ3) is 1.88. The molecule has 2 atom stereocenters. The van der Waals surface area contributed by atoms with E-state index in [0.717, 1.165) is 23.7 Å². The van der Waals surface area contributed by atoms with E-state index in [9.17, 15) is 0 Å². The molecule has 0 aromatic carbocycles. The zero-order valence-electron chi connectivity index (χ0n) is 11.0. The lowest BCUT2D eigenvalue weighted by Crippen LogP contribution is -2.39. The van der Waals surface area contributed by atoms with Crippen molar-refractivity contribution in [3.05, 3.63) is 11.6 Å². The number of hydrogen-bond donors (Lipinski definition) is 1. The molecule has 1 N–H and O–H groups in total. The molecular weight excluding hydrogens is 212 g/mol. The second kappa shape index (κ2) is 4.09. The third-order valence-electron chi connectivity index (χ3n) is 4.22. The average molecular weight is 234 g/mol. The van der Waals surface area contributed by atoms with Gasteiger partial charge in [0.25, 0.3) is 0 Å². The maximum absolute atomic E-state index is 4.35. The van der Waals surface area contributed by atoms with Gasteiger partial charge in [-0.2, -0.15) is 0 Å². The number of fused-ring (bicyclic) bond motifs is 2. The Kier molecular flexibility index (Phi) is 2.69. The monoisotopic (exact) mass is 234 g/mol. The molecule has 1 aromatic heterocycles. The van der Waals surface area contributed by atoms with Crippen LogP contribution in [0.15, 0.2) is 0 Å². The van der Waals surface area contributed by atoms with Crippen LogP contribution in [-0.2, 0) is 0 Å². The summed E-state index contributed by atoms with van der Waals surface area (Å²) in [4.78, 5) is 0. The molecule has 0 radical (unpaired) electrons. The van der Waals surface area contributed by atoms with Gasteiger partial charge in [0.1, 0.15) is 11.6 Å². The minimum Gasteiger partial charge on any atom is -0.312 e. The maximum Gasteiger partial charge on any atom is 0.135 e. The van der Waals surface area contributed by atoms with Gasteiger partial charge in [0.15, 0.2) is 0 Å². The molecule has 0 aliphatic carbocycles. The lowest BCUT2D eigenvalue weighted by molar-refractivity contribution is 0.288. The second-order valence-electron chi connectivity index (χ2n) is 5.89. The Morgan fingerprint density at radius 1 is 1.18 bits per heavy atom. The van der Waals surface area contributed by atoms with Crippen LogP contribution in [0.25, 0.3) is 0 Å². The molecule has 94 valence electrons. The van der Waals surface area contributed by atoms with E-state index < -0.39 is 0 Å². The number of nitrogens with one attached hydrogen (secondary N) is 1. The lowest BCUT2D eigenvalue weighted by Gasteiger charge is -2.31. The Bertz CT molecular complexity index is 398. The molecule has 2 fully saturated rings. The number of piperidine rings is 1. The van der Waals surface area contributed by atoms with Crippen molar-refractivity contribution in [2.24, 2.45) is 0 Å². The van der Waals surface area contributed by atoms with Gasteiger partial charge in [-0.25, -0.2) is 0 Å². The van der Waals surface area contributed by atoms with E-state index in [2.05, 4.69) is 40.9 Å². The maximum atomic E-state index is 4.35. The highest BCUT2D eigenvalue weighted by molar-refractivity contribution is 5.05. The SMILES string of the molecule is Cc1nnc(C(C)C)n1C1C[C@H]2CC[C@H](C1)N2. The number of rotatable bonds is 2. The van der Waals surface area contributed by atoms with Crippen LogP contribution < -0.4 is 5.32 Å². The van der Waals surface area contributed by atoms with Crippen LogP contribution >= 0.6 is 0 Å². The molecule has 4 heteroatoms. The van der Waals surface area contributed by atoms with Gasteiger partial charge in [-0.15, -0.1) is 10.2 Å². The highest BCUT2D eigenvalue weighted by Gasteiger charge is 2.35. The summed E-state index contributed by atoms with van der Waals surface area (Å²) >= 11 is 0. The number of aryl methyl sites for hydroxylation is 1. The quantitative estimate of drug-likeness (QED) is 0.852. The zero-order valence-corrected chi connectivity index (χ0v) is 11.0. The van der Waals surface area contributed by atoms with Crippen LogP contribution in [0.4, 0.5) is 0 Å². The fourth-order valence-electron chi connectivity index (χ4n) is 3.47. The van der Waals surface area contributed by atoms with E-state index in [1.807, 2.05) is 0 Å². The van der Waals surface area contributed by atoms with Gasteiger partial charge in [0.05, 0.1) is 0 Å². The largest absolute Gasteiger partial charge is 0.312 e. The fourth-order valence-corrected chi connectivity index (χ4v) is 3.47. The number of nitrogens with zero attached hydrogens (tertiary/aromatic N) is 3. The van der Waals surface area contributed by atoms with Crippen molar-refractivity contribution in [3.63, 3.8) is 0 Å². The van der Waals surface area contributed by atoms with E-state index in [-0.39, 0.29) is 0 Å². The summed E-state index contributed by atoms with van der Waals surface area (Å²) in [6.07, 6.45) is 5.18. The molecule has 17 heavy (non-hydrogen) atoms. The Balaban J connectivity index is 1.91. The van der Waals surface area contributed by atoms with Gasteiger partial charge in [-0.3, -0.25) is 0 Å². The van der Waals surface area contributed by atoms with Gasteiger partial charge >= 0.3 is 0 Å². The fraction of sp³-hybridized carbons (Fsp3) is 0.846. The van der Waals surface area contributed by atoms with Crippen LogP contribution in [-0.4, -0.2) is 26.8 Å². The first-order valence-corrected chi connectivity index (χ1v) is 6.82. The molecule has 4 nitrogen and oxygen atoms in total. The van der Waals surface area contributed by atoms with Crippen LogP contribution in [0.1, 0.15) is 63.1 Å². The smallest absolute Gasteiger partial charge is 0.135 e. The predicted octanol–water partition coefficient (Wildman–Crippen LogP) is 2.17. The van der Waals surface area contributed by atoms with Gasteiger partial charge in [-0.1, -0.05) is 13.8 Å². The van der Waals surface area contributed by atoms with Crippen molar-refractivity contribution in [2.75, 3.05) is 0 Å². The van der Waals surface area contributed by atoms with E-state index in [0.29, 0.717) is 12.0 Å². The minimum atomic E-state index is 0.462. The van der Waals surface area contributed by atoms with Crippen LogP contribution in [0, 0.1) is 6.92 Å². The highest BCUT2D eigenvalue weighted by atomic mass is 15.3. The van der Waals surface area contributed by atoms with Crippen molar-refractivity contribution in [3.8, 4) is 0 Å². The summed E-state index contributed by atoms with van der Waals surface area (Å²) in [5, 5.41) is 12.3. The molecular formula is C13H22N4. The first-order chi connectivity index (χ1) is 8.15. The molecule has 2 aliphatic rings. The van der Waals surface area contributed by atoms with Crippen LogP contribution in [0.2, 0.25) is 0 Å². The van der Waals surface area contributed by atoms with E-state index in [1.165, 1.54) is 25.7 Å². The van der Waals surface area contributed by atoms with Crippen molar-refractivity contribution in [1.29, 1.82) is 0 Å². The molecule has 3 heterocycles. The third-order valence-corrected chi connectivity index (χ3v) is 4.22. The summed E-state index contributed by atoms with van der Waals surface area (Å²) in [7, 11) is 0. The highest BCUT2D eigenvalue weighted by Crippen LogP contribution is 2.35. The Labute approximate surface area is 103 Å². The van der Waals surface area contributed by atoms with Crippen molar-refractivity contribution in [1.82, 2.24) is 20.1 Å². The van der Waals surface area contributed by atoms with E-state index in [1.54, 1.807) is 0 Å². The topological polar surface area (TPSA) is 42.7 Å². The van der Waals surface area contributed by atoms with Crippen LogP contribution in [0.3, 0.4) is 0 Å². The Hall–Kier alpha value is -0.900. The van der Waals surface area contributed by atoms with Gasteiger partial charge in [0.2, 0.25) is 0 Å². The molecule has 2 aliphatic heterocycles. The van der Waals surface area contributed by atoms with Crippen LogP contribution in [0.5, 0.6) is 0 Å². The number of hydrogen-bond acceptors (Lipinski definition) is 3. The van der Waals surface area contributed by atoms with E-state index in [4.69, 9.17) is 0 Å².